The predicted octanol–water partition coefficient (Wildman–Crippen LogP) is 10.7. The van der Waals surface area contributed by atoms with E-state index in [0.717, 1.165) is 33.4 Å². The fourth-order valence-corrected chi connectivity index (χ4v) is 14.1. The van der Waals surface area contributed by atoms with Gasteiger partial charge in [-0.05, 0) is 141 Å². The van der Waals surface area contributed by atoms with Crippen molar-refractivity contribution in [3.8, 4) is 63.3 Å². The molecule has 1 aliphatic rings. The maximum Gasteiger partial charge on any atom is 0.333 e. The van der Waals surface area contributed by atoms with Crippen LogP contribution in [-0.2, 0) is 81.9 Å². The molecule has 1 saturated heterocycles. The quantitative estimate of drug-likeness (QED) is 0.00881. The lowest BCUT2D eigenvalue weighted by atomic mass is 9.80. The van der Waals surface area contributed by atoms with Crippen LogP contribution in [0.15, 0.2) is 174 Å². The topological polar surface area (TPSA) is 277 Å². The number of carbonyl (C=O) groups excluding carboxylic acids is 4. The van der Waals surface area contributed by atoms with Crippen LogP contribution in [0.5, 0.6) is 11.5 Å². The number of nitriles is 1. The van der Waals surface area contributed by atoms with E-state index in [0.29, 0.717) is 64.9 Å². The van der Waals surface area contributed by atoms with Gasteiger partial charge in [0.15, 0.2) is 0 Å². The van der Waals surface area contributed by atoms with Gasteiger partial charge in [0.25, 0.3) is 14.1 Å². The minimum Gasteiger partial charge on any atom is -0.497 e. The van der Waals surface area contributed by atoms with Crippen LogP contribution >= 0.6 is 8.53 Å². The summed E-state index contributed by atoms with van der Waals surface area (Å²) in [6, 6.07) is 51.1. The van der Waals surface area contributed by atoms with Crippen LogP contribution in [0.2, 0.25) is 0 Å². The van der Waals surface area contributed by atoms with Gasteiger partial charge in [0.2, 0.25) is 0 Å². The molecule has 106 heavy (non-hydrogen) atoms. The van der Waals surface area contributed by atoms with E-state index < -0.39 is 67.7 Å². The molecule has 0 saturated carbocycles. The Morgan fingerprint density at radius 3 is 1.61 bits per heavy atom. The van der Waals surface area contributed by atoms with Crippen LogP contribution in [0.4, 0.5) is 0 Å². The summed E-state index contributed by atoms with van der Waals surface area (Å²) in [6.07, 6.45) is 0.893. The van der Waals surface area contributed by atoms with E-state index in [2.05, 4.69) is 50.3 Å². The van der Waals surface area contributed by atoms with Crippen molar-refractivity contribution in [1.82, 2.24) is 38.6 Å². The molecule has 1 aliphatic heterocycles. The molecule has 5 heterocycles. The number of carbonyl (C=O) groups is 4. The molecule has 9 rings (SSSR count). The van der Waals surface area contributed by atoms with Crippen molar-refractivity contribution in [2.75, 3.05) is 82.1 Å². The number of unbranched alkanes of at least 4 members (excludes halogenated alkanes) is 2. The minimum absolute atomic E-state index is 0.0114. The third kappa shape index (κ3) is 21.2. The molecule has 0 spiro atoms. The van der Waals surface area contributed by atoms with E-state index in [1.54, 1.807) is 60.4 Å². The number of methoxy groups -OCH3 is 6. The monoisotopic (exact) mass is 1460 g/mol. The third-order valence-corrected chi connectivity index (χ3v) is 19.7. The van der Waals surface area contributed by atoms with Gasteiger partial charge in [-0.15, -0.1) is 0 Å². The number of benzene rings is 4. The fourth-order valence-electron chi connectivity index (χ4n) is 12.3. The highest BCUT2D eigenvalue weighted by molar-refractivity contribution is 7.44. The van der Waals surface area contributed by atoms with Crippen LogP contribution < -0.4 is 20.7 Å². The summed E-state index contributed by atoms with van der Waals surface area (Å²) in [5.41, 5.74) is 5.54. The van der Waals surface area contributed by atoms with Gasteiger partial charge in [0.05, 0.1) is 135 Å². The van der Waals surface area contributed by atoms with Gasteiger partial charge in [-0.2, -0.15) is 5.26 Å². The number of ether oxygens (including phenoxy) is 8. The average molecular weight is 1460 g/mol. The van der Waals surface area contributed by atoms with E-state index >= 15 is 0 Å². The molecule has 0 N–H and O–H groups in total. The first-order chi connectivity index (χ1) is 51.3. The molecule has 1 unspecified atom stereocenters. The van der Waals surface area contributed by atoms with E-state index in [-0.39, 0.29) is 84.0 Å². The number of pyridine rings is 3. The smallest absolute Gasteiger partial charge is 0.333 e. The number of rotatable bonds is 36. The Kier molecular flexibility index (Phi) is 29.5. The molecular formula is C80H90N9O16P. The van der Waals surface area contributed by atoms with Gasteiger partial charge in [-0.3, -0.25) is 42.9 Å². The van der Waals surface area contributed by atoms with Crippen molar-refractivity contribution in [3.63, 3.8) is 0 Å². The van der Waals surface area contributed by atoms with Gasteiger partial charge >= 0.3 is 29.6 Å². The first-order valence-corrected chi connectivity index (χ1v) is 35.9. The molecule has 0 bridgehead atoms. The van der Waals surface area contributed by atoms with E-state index in [9.17, 15) is 34.0 Å². The van der Waals surface area contributed by atoms with Gasteiger partial charge in [-0.1, -0.05) is 90.7 Å². The normalized spacial score (nSPS) is 14.5. The SMILES string of the molecule is COC(=O)CN(CC(=O)OC)Cc1cccc(-c2cc(-c3ccc(C#CCCCCn4c(=O)ccn([C@H]5C[C@H](OP(OCCC#N)N(C(C)C)C(C)C)[C@@H](COC(c6ccccc6)(c6ccc(OC)cc6)c6ccc(OC)cc6)O5)c4=O)cc3)cc(-c3cccc(CN(CC(=O)OC)CC(=O)OC)n3)n2)n1. The Balaban J connectivity index is 0.950. The molecule has 4 atom stereocenters. The molecule has 4 aromatic heterocycles. The van der Waals surface area contributed by atoms with Gasteiger partial charge in [0, 0.05) is 62.4 Å². The zero-order valence-corrected chi connectivity index (χ0v) is 62.3. The molecule has 8 aromatic rings. The second-order valence-corrected chi connectivity index (χ2v) is 26.9. The lowest BCUT2D eigenvalue weighted by Gasteiger charge is -2.39. The first kappa shape index (κ1) is 79.8. The number of hydrogen-bond acceptors (Lipinski definition) is 23. The summed E-state index contributed by atoms with van der Waals surface area (Å²) in [4.78, 5) is 96.0. The second kappa shape index (κ2) is 39.2. The maximum absolute atomic E-state index is 14.7. The number of aromatic nitrogens is 5. The molecule has 1 fully saturated rings. The zero-order chi connectivity index (χ0) is 75.7. The summed E-state index contributed by atoms with van der Waals surface area (Å²) in [5.74, 6) is 5.70. The largest absolute Gasteiger partial charge is 0.497 e. The van der Waals surface area contributed by atoms with Crippen molar-refractivity contribution in [1.29, 1.82) is 5.26 Å². The Morgan fingerprint density at radius 1 is 0.604 bits per heavy atom. The highest BCUT2D eigenvalue weighted by Crippen LogP contribution is 2.51. The van der Waals surface area contributed by atoms with Crippen molar-refractivity contribution < 1.29 is 66.1 Å². The standard InChI is InChI=1S/C80H90N9O16P/c1-55(2)89(56(3)4)106(103-44-20-41-81)105-71-47-74(104-72(71)54-102-80(60-22-15-13-16-23-60,61-32-36-65(96-5)37-33-61)62-34-38-66(97-6)39-35-62)88-43-40-73(90)87(79(88)95)42-17-12-11-14-21-57-28-30-58(31-29-57)59-45-69(67-26-18-24-63(82-67)48-85(50-75(91)98-7)51-76(92)99-8)84-70(46-59)68-27-19-25-64(83-68)49-86(52-77(93)100-9)53-78(94)101-10/h13,15-16,18-19,22-40,43,45-46,55-56,71-72,74H,11-12,17,20,42,44,47-54H2,1-10H3/t71-,72+,74+,106?/m0/s1. The van der Waals surface area contributed by atoms with Crippen LogP contribution in [0.3, 0.4) is 0 Å². The molecule has 25 nitrogen and oxygen atoms in total. The van der Waals surface area contributed by atoms with E-state index in [4.69, 9.17) is 61.9 Å². The summed E-state index contributed by atoms with van der Waals surface area (Å²) in [6.45, 7) is 7.91. The minimum atomic E-state index is -1.79. The Bertz CT molecular complexity index is 4290. The van der Waals surface area contributed by atoms with Crippen LogP contribution in [-0.4, -0.2) is 169 Å². The predicted molar refractivity (Wildman–Crippen MR) is 397 cm³/mol. The Hall–Kier alpha value is -10.3. The van der Waals surface area contributed by atoms with Gasteiger partial charge in [0.1, 0.15) is 29.4 Å². The lowest BCUT2D eigenvalue weighted by molar-refractivity contribution is -0.147. The molecule has 4 aromatic carbocycles. The highest BCUT2D eigenvalue weighted by atomic mass is 31.2. The summed E-state index contributed by atoms with van der Waals surface area (Å²) in [5, 5.41) is 9.59. The summed E-state index contributed by atoms with van der Waals surface area (Å²) in [7, 11) is 6.51. The zero-order valence-electron chi connectivity index (χ0n) is 61.4. The maximum atomic E-state index is 14.7. The Labute approximate surface area is 618 Å². The van der Waals surface area contributed by atoms with Crippen LogP contribution in [0.1, 0.15) is 99.7 Å². The third-order valence-electron chi connectivity index (χ3n) is 17.6. The van der Waals surface area contributed by atoms with Gasteiger partial charge < -0.3 is 46.9 Å². The molecule has 0 aliphatic carbocycles. The molecular weight excluding hydrogens is 1370 g/mol. The number of esters is 4. The summed E-state index contributed by atoms with van der Waals surface area (Å²) >= 11 is 0. The Morgan fingerprint density at radius 2 is 1.12 bits per heavy atom. The second-order valence-electron chi connectivity index (χ2n) is 25.5. The van der Waals surface area contributed by atoms with Crippen molar-refractivity contribution in [2.24, 2.45) is 0 Å². The van der Waals surface area contributed by atoms with Crippen molar-refractivity contribution in [3.05, 3.63) is 218 Å². The molecule has 0 amide bonds. The highest BCUT2D eigenvalue weighted by Gasteiger charge is 2.45. The first-order valence-electron chi connectivity index (χ1n) is 34.8. The van der Waals surface area contributed by atoms with Crippen LogP contribution in [0, 0.1) is 23.2 Å². The molecule has 0 radical (unpaired) electrons. The fraction of sp³-hybridized carbons (Fsp3) is 0.375. The molecule has 556 valence electrons. The number of hydrogen-bond donors (Lipinski definition) is 0. The lowest BCUT2D eigenvalue weighted by Crippen LogP contribution is -2.41. The van der Waals surface area contributed by atoms with Crippen molar-refractivity contribution >= 4 is 32.4 Å². The van der Waals surface area contributed by atoms with Crippen molar-refractivity contribution in [2.45, 2.75) is 116 Å². The van der Waals surface area contributed by atoms with E-state index in [1.807, 2.05) is 115 Å². The average Bonchev–Trinajstić information content (AvgIpc) is 0.965. The summed E-state index contributed by atoms with van der Waals surface area (Å²) < 4.78 is 63.5. The van der Waals surface area contributed by atoms with E-state index in [1.165, 1.54) is 49.8 Å². The van der Waals surface area contributed by atoms with Gasteiger partial charge in [-0.25, -0.2) is 24.4 Å². The molecule has 26 heteroatoms. The number of nitrogens with zero attached hydrogens (tertiary/aromatic N) is 9. The van der Waals surface area contributed by atoms with Crippen LogP contribution in [0.25, 0.3) is 33.9 Å².